The molecule has 24 heavy (non-hydrogen) atoms. The molecule has 0 spiro atoms. The number of benzene rings is 1. The van der Waals surface area contributed by atoms with Crippen LogP contribution in [-0.2, 0) is 0 Å². The van der Waals surface area contributed by atoms with Gasteiger partial charge in [-0.05, 0) is 39.2 Å². The molecule has 0 radical (unpaired) electrons. The highest BCUT2D eigenvalue weighted by atomic mass is 16.2. The van der Waals surface area contributed by atoms with E-state index in [0.717, 1.165) is 31.7 Å². The van der Waals surface area contributed by atoms with Crippen LogP contribution in [0.2, 0.25) is 0 Å². The first kappa shape index (κ1) is 16.6. The molecule has 2 heterocycles. The second-order valence-corrected chi connectivity index (χ2v) is 6.88. The highest BCUT2D eigenvalue weighted by Gasteiger charge is 2.25. The number of nitrogens with zero attached hydrogens (tertiary/aromatic N) is 3. The van der Waals surface area contributed by atoms with Crippen LogP contribution in [0.3, 0.4) is 0 Å². The van der Waals surface area contributed by atoms with Crippen LogP contribution >= 0.6 is 0 Å². The standard InChI is InChI=1S/C19H26N4O/c1-14(2)23-18(9-10-20-23)21-19(24)22-11-5-8-17(13-22)16-7-4-6-15(3)12-16/h4,6-7,9-10,12,14,17H,5,8,11,13H2,1-3H3,(H,21,24). The van der Waals surface area contributed by atoms with E-state index in [2.05, 4.69) is 55.5 Å². The molecule has 0 saturated carbocycles. The largest absolute Gasteiger partial charge is 0.324 e. The van der Waals surface area contributed by atoms with Crippen molar-refractivity contribution in [2.24, 2.45) is 0 Å². The van der Waals surface area contributed by atoms with E-state index in [1.165, 1.54) is 11.1 Å². The molecule has 1 fully saturated rings. The fourth-order valence-corrected chi connectivity index (χ4v) is 3.37. The first-order valence-electron chi connectivity index (χ1n) is 8.70. The van der Waals surface area contributed by atoms with Crippen LogP contribution < -0.4 is 5.32 Å². The van der Waals surface area contributed by atoms with Crippen molar-refractivity contribution in [2.45, 2.75) is 45.6 Å². The summed E-state index contributed by atoms with van der Waals surface area (Å²) in [6.07, 6.45) is 3.90. The summed E-state index contributed by atoms with van der Waals surface area (Å²) in [4.78, 5) is 14.6. The van der Waals surface area contributed by atoms with Gasteiger partial charge < -0.3 is 4.90 Å². The molecule has 2 amide bonds. The number of rotatable bonds is 3. The summed E-state index contributed by atoms with van der Waals surface area (Å²) in [5.41, 5.74) is 2.61. The minimum absolute atomic E-state index is 0.0326. The summed E-state index contributed by atoms with van der Waals surface area (Å²) in [5.74, 6) is 1.17. The van der Waals surface area contributed by atoms with Gasteiger partial charge in [-0.25, -0.2) is 9.48 Å². The SMILES string of the molecule is Cc1cccc(C2CCCN(C(=O)Nc3ccnn3C(C)C)C2)c1. The Kier molecular flexibility index (Phi) is 4.88. The Labute approximate surface area is 143 Å². The van der Waals surface area contributed by atoms with E-state index in [9.17, 15) is 4.79 Å². The van der Waals surface area contributed by atoms with E-state index in [1.807, 2.05) is 15.6 Å². The maximum absolute atomic E-state index is 12.7. The van der Waals surface area contributed by atoms with Crippen LogP contribution in [-0.4, -0.2) is 33.8 Å². The number of likely N-dealkylation sites (tertiary alicyclic amines) is 1. The summed E-state index contributed by atoms with van der Waals surface area (Å²) in [7, 11) is 0. The Hall–Kier alpha value is -2.30. The third-order valence-corrected chi connectivity index (χ3v) is 4.62. The number of urea groups is 1. The summed E-state index contributed by atoms with van der Waals surface area (Å²) in [6.45, 7) is 7.80. The number of aryl methyl sites for hydroxylation is 1. The van der Waals surface area contributed by atoms with E-state index in [-0.39, 0.29) is 12.1 Å². The molecule has 0 bridgehead atoms. The Balaban J connectivity index is 1.68. The van der Waals surface area contributed by atoms with Crippen LogP contribution in [0, 0.1) is 6.92 Å². The quantitative estimate of drug-likeness (QED) is 0.919. The molecule has 1 N–H and O–H groups in total. The molecule has 1 aromatic carbocycles. The molecule has 128 valence electrons. The van der Waals surface area contributed by atoms with Crippen molar-refractivity contribution >= 4 is 11.8 Å². The zero-order valence-electron chi connectivity index (χ0n) is 14.7. The van der Waals surface area contributed by atoms with Crippen molar-refractivity contribution in [1.82, 2.24) is 14.7 Å². The predicted octanol–water partition coefficient (Wildman–Crippen LogP) is 4.18. The van der Waals surface area contributed by atoms with Crippen LogP contribution in [0.25, 0.3) is 0 Å². The van der Waals surface area contributed by atoms with Gasteiger partial charge in [-0.2, -0.15) is 5.10 Å². The minimum atomic E-state index is -0.0326. The lowest BCUT2D eigenvalue weighted by Gasteiger charge is -2.33. The summed E-state index contributed by atoms with van der Waals surface area (Å²) >= 11 is 0. The third-order valence-electron chi connectivity index (χ3n) is 4.62. The maximum atomic E-state index is 12.7. The van der Waals surface area contributed by atoms with E-state index in [1.54, 1.807) is 6.20 Å². The van der Waals surface area contributed by atoms with Crippen molar-refractivity contribution in [1.29, 1.82) is 0 Å². The summed E-state index contributed by atoms with van der Waals surface area (Å²) < 4.78 is 1.83. The number of hydrogen-bond donors (Lipinski definition) is 1. The molecule has 1 unspecified atom stereocenters. The van der Waals surface area contributed by atoms with Gasteiger partial charge in [0.1, 0.15) is 5.82 Å². The van der Waals surface area contributed by atoms with Crippen LogP contribution in [0.15, 0.2) is 36.5 Å². The molecule has 1 aromatic heterocycles. The molecule has 1 atom stereocenters. The molecule has 1 saturated heterocycles. The lowest BCUT2D eigenvalue weighted by molar-refractivity contribution is 0.192. The van der Waals surface area contributed by atoms with Crippen molar-refractivity contribution in [3.05, 3.63) is 47.7 Å². The van der Waals surface area contributed by atoms with Gasteiger partial charge in [-0.3, -0.25) is 5.32 Å². The smallest absolute Gasteiger partial charge is 0.323 e. The Bertz CT molecular complexity index is 707. The molecular formula is C19H26N4O. The highest BCUT2D eigenvalue weighted by molar-refractivity contribution is 5.88. The zero-order chi connectivity index (χ0) is 17.1. The van der Waals surface area contributed by atoms with Gasteiger partial charge in [-0.15, -0.1) is 0 Å². The van der Waals surface area contributed by atoms with E-state index < -0.39 is 0 Å². The Morgan fingerprint density at radius 2 is 2.17 bits per heavy atom. The van der Waals surface area contributed by atoms with Crippen molar-refractivity contribution in [3.63, 3.8) is 0 Å². The number of hydrogen-bond acceptors (Lipinski definition) is 2. The third kappa shape index (κ3) is 3.61. The maximum Gasteiger partial charge on any atom is 0.323 e. The van der Waals surface area contributed by atoms with Gasteiger partial charge in [0.05, 0.1) is 6.20 Å². The number of carbonyl (C=O) groups excluding carboxylic acids is 1. The average Bonchev–Trinajstić information content (AvgIpc) is 3.03. The second-order valence-electron chi connectivity index (χ2n) is 6.88. The number of nitrogens with one attached hydrogen (secondary N) is 1. The van der Waals surface area contributed by atoms with Gasteiger partial charge in [0.2, 0.25) is 0 Å². The fourth-order valence-electron chi connectivity index (χ4n) is 3.37. The van der Waals surface area contributed by atoms with Crippen LogP contribution in [0.4, 0.5) is 10.6 Å². The Morgan fingerprint density at radius 1 is 1.33 bits per heavy atom. The lowest BCUT2D eigenvalue weighted by Crippen LogP contribution is -2.42. The van der Waals surface area contributed by atoms with E-state index in [0.29, 0.717) is 5.92 Å². The van der Waals surface area contributed by atoms with E-state index >= 15 is 0 Å². The zero-order valence-corrected chi connectivity index (χ0v) is 14.7. The normalized spacial score (nSPS) is 18.0. The van der Waals surface area contributed by atoms with E-state index in [4.69, 9.17) is 0 Å². The molecule has 5 heteroatoms. The number of amides is 2. The second kappa shape index (κ2) is 7.07. The van der Waals surface area contributed by atoms with Crippen LogP contribution in [0.5, 0.6) is 0 Å². The first-order valence-corrected chi connectivity index (χ1v) is 8.70. The number of piperidine rings is 1. The van der Waals surface area contributed by atoms with Crippen molar-refractivity contribution in [2.75, 3.05) is 18.4 Å². The predicted molar refractivity (Wildman–Crippen MR) is 96.4 cm³/mol. The van der Waals surface area contributed by atoms with Gasteiger partial charge in [0.25, 0.3) is 0 Å². The molecule has 5 nitrogen and oxygen atoms in total. The topological polar surface area (TPSA) is 50.2 Å². The minimum Gasteiger partial charge on any atom is -0.324 e. The first-order chi connectivity index (χ1) is 11.5. The Morgan fingerprint density at radius 3 is 2.92 bits per heavy atom. The number of carbonyl (C=O) groups is 1. The van der Waals surface area contributed by atoms with Gasteiger partial charge in [0.15, 0.2) is 0 Å². The number of anilines is 1. The van der Waals surface area contributed by atoms with Gasteiger partial charge >= 0.3 is 6.03 Å². The number of aromatic nitrogens is 2. The summed E-state index contributed by atoms with van der Waals surface area (Å²) in [6, 6.07) is 10.7. The summed E-state index contributed by atoms with van der Waals surface area (Å²) in [5, 5.41) is 7.28. The van der Waals surface area contributed by atoms with Gasteiger partial charge in [0, 0.05) is 31.1 Å². The lowest BCUT2D eigenvalue weighted by atomic mass is 9.90. The van der Waals surface area contributed by atoms with Crippen molar-refractivity contribution in [3.8, 4) is 0 Å². The highest BCUT2D eigenvalue weighted by Crippen LogP contribution is 2.28. The molecule has 3 rings (SSSR count). The van der Waals surface area contributed by atoms with Crippen molar-refractivity contribution < 1.29 is 4.79 Å². The molecule has 2 aromatic rings. The average molecular weight is 326 g/mol. The molecule has 0 aliphatic carbocycles. The molecular weight excluding hydrogens is 300 g/mol. The fraction of sp³-hybridized carbons (Fsp3) is 0.474. The molecule has 1 aliphatic rings. The van der Waals surface area contributed by atoms with Gasteiger partial charge in [-0.1, -0.05) is 29.8 Å². The van der Waals surface area contributed by atoms with Crippen LogP contribution in [0.1, 0.15) is 49.8 Å². The molecule has 1 aliphatic heterocycles. The monoisotopic (exact) mass is 326 g/mol.